The third kappa shape index (κ3) is 2.29. The Bertz CT molecular complexity index is 625. The van der Waals surface area contributed by atoms with Crippen LogP contribution in [-0.2, 0) is 19.5 Å². The zero-order chi connectivity index (χ0) is 13.2. The summed E-state index contributed by atoms with van der Waals surface area (Å²) < 4.78 is 6.80. The van der Waals surface area contributed by atoms with Crippen LogP contribution in [0.2, 0.25) is 0 Å². The van der Waals surface area contributed by atoms with Crippen LogP contribution in [0.1, 0.15) is 16.8 Å². The quantitative estimate of drug-likeness (QED) is 0.860. The topological polar surface area (TPSA) is 59.0 Å². The van der Waals surface area contributed by atoms with E-state index in [0.717, 1.165) is 35.5 Å². The van der Waals surface area contributed by atoms with E-state index in [9.17, 15) is 4.79 Å². The van der Waals surface area contributed by atoms with Crippen LogP contribution >= 0.6 is 0 Å². The van der Waals surface area contributed by atoms with Crippen molar-refractivity contribution in [1.29, 1.82) is 0 Å². The summed E-state index contributed by atoms with van der Waals surface area (Å²) in [5.41, 5.74) is 3.10. The minimum Gasteiger partial charge on any atom is -0.497 e. The first-order valence-electron chi connectivity index (χ1n) is 6.42. The van der Waals surface area contributed by atoms with Crippen molar-refractivity contribution in [2.24, 2.45) is 0 Å². The number of nitrogens with zero attached hydrogens (tertiary/aromatic N) is 1. The molecule has 1 aromatic carbocycles. The third-order valence-corrected chi connectivity index (χ3v) is 3.49. The Morgan fingerprint density at radius 1 is 1.32 bits per heavy atom. The van der Waals surface area contributed by atoms with Crippen LogP contribution in [0.4, 0.5) is 0 Å². The number of benzene rings is 1. The van der Waals surface area contributed by atoms with Gasteiger partial charge in [0.2, 0.25) is 0 Å². The summed E-state index contributed by atoms with van der Waals surface area (Å²) in [7, 11) is 1.64. The largest absolute Gasteiger partial charge is 0.497 e. The minimum absolute atomic E-state index is 0.0815. The third-order valence-electron chi connectivity index (χ3n) is 3.49. The molecule has 1 aliphatic rings. The van der Waals surface area contributed by atoms with Crippen molar-refractivity contribution in [1.82, 2.24) is 15.1 Å². The van der Waals surface area contributed by atoms with Gasteiger partial charge in [-0.15, -0.1) is 0 Å². The average molecular weight is 259 g/mol. The van der Waals surface area contributed by atoms with Gasteiger partial charge in [0.25, 0.3) is 5.56 Å². The van der Waals surface area contributed by atoms with Gasteiger partial charge in [0.15, 0.2) is 0 Å². The first-order valence-corrected chi connectivity index (χ1v) is 6.42. The molecule has 0 radical (unpaired) electrons. The van der Waals surface area contributed by atoms with Crippen LogP contribution in [0.3, 0.4) is 0 Å². The zero-order valence-electron chi connectivity index (χ0n) is 10.9. The number of methoxy groups -OCH3 is 1. The van der Waals surface area contributed by atoms with Crippen molar-refractivity contribution >= 4 is 0 Å². The molecule has 100 valence electrons. The standard InChI is InChI=1S/C14H17N3O2/c1-19-11-4-2-10(3-5-11)9-17-14(18)12-8-15-7-6-13(12)16-17/h2-5,15-16H,6-9H2,1H3. The van der Waals surface area contributed by atoms with Crippen molar-refractivity contribution < 1.29 is 4.74 Å². The van der Waals surface area contributed by atoms with Crippen LogP contribution in [0, 0.1) is 0 Å². The van der Waals surface area contributed by atoms with Gasteiger partial charge < -0.3 is 10.1 Å². The number of hydrogen-bond acceptors (Lipinski definition) is 3. The molecular formula is C14H17N3O2. The summed E-state index contributed by atoms with van der Waals surface area (Å²) in [5, 5.41) is 6.44. The summed E-state index contributed by atoms with van der Waals surface area (Å²) in [5.74, 6) is 0.825. The Hall–Kier alpha value is -2.01. The number of aromatic nitrogens is 2. The molecule has 0 atom stereocenters. The van der Waals surface area contributed by atoms with Crippen LogP contribution in [0.15, 0.2) is 29.1 Å². The van der Waals surface area contributed by atoms with Crippen LogP contribution in [-0.4, -0.2) is 23.4 Å². The van der Waals surface area contributed by atoms with E-state index in [1.807, 2.05) is 24.3 Å². The molecule has 0 amide bonds. The van der Waals surface area contributed by atoms with E-state index in [1.165, 1.54) is 0 Å². The highest BCUT2D eigenvalue weighted by molar-refractivity contribution is 5.28. The van der Waals surface area contributed by atoms with Crippen LogP contribution < -0.4 is 15.6 Å². The molecule has 19 heavy (non-hydrogen) atoms. The van der Waals surface area contributed by atoms with Gasteiger partial charge in [0, 0.05) is 25.2 Å². The maximum absolute atomic E-state index is 12.2. The predicted molar refractivity (Wildman–Crippen MR) is 72.6 cm³/mol. The fourth-order valence-electron chi connectivity index (χ4n) is 2.41. The number of nitrogens with one attached hydrogen (secondary N) is 2. The number of hydrogen-bond donors (Lipinski definition) is 2. The second-order valence-corrected chi connectivity index (χ2v) is 4.74. The van der Waals surface area contributed by atoms with E-state index in [-0.39, 0.29) is 5.56 Å². The van der Waals surface area contributed by atoms with Crippen molar-refractivity contribution in [3.8, 4) is 5.75 Å². The van der Waals surface area contributed by atoms with Gasteiger partial charge in [-0.3, -0.25) is 9.89 Å². The first-order chi connectivity index (χ1) is 9.28. The molecule has 3 rings (SSSR count). The van der Waals surface area contributed by atoms with Gasteiger partial charge >= 0.3 is 0 Å². The van der Waals surface area contributed by atoms with Crippen molar-refractivity contribution in [3.05, 3.63) is 51.4 Å². The van der Waals surface area contributed by atoms with Gasteiger partial charge in [-0.25, -0.2) is 4.68 Å². The Balaban J connectivity index is 1.86. The second-order valence-electron chi connectivity index (χ2n) is 4.74. The van der Waals surface area contributed by atoms with Gasteiger partial charge in [-0.1, -0.05) is 12.1 Å². The molecule has 2 aromatic rings. The smallest absolute Gasteiger partial charge is 0.271 e. The molecule has 0 fully saturated rings. The molecule has 0 bridgehead atoms. The van der Waals surface area contributed by atoms with E-state index >= 15 is 0 Å². The summed E-state index contributed by atoms with van der Waals surface area (Å²) in [6, 6.07) is 7.77. The molecule has 5 nitrogen and oxygen atoms in total. The summed E-state index contributed by atoms with van der Waals surface area (Å²) in [4.78, 5) is 12.2. The molecule has 0 spiro atoms. The van der Waals surface area contributed by atoms with E-state index in [2.05, 4.69) is 10.4 Å². The summed E-state index contributed by atoms with van der Waals surface area (Å²) in [6.07, 6.45) is 0.889. The molecular weight excluding hydrogens is 242 g/mol. The average Bonchev–Trinajstić information content (AvgIpc) is 2.77. The molecule has 5 heteroatoms. The van der Waals surface area contributed by atoms with E-state index < -0.39 is 0 Å². The molecule has 0 aliphatic carbocycles. The van der Waals surface area contributed by atoms with E-state index in [4.69, 9.17) is 4.74 Å². The minimum atomic E-state index is 0.0815. The molecule has 0 saturated heterocycles. The first kappa shape index (κ1) is 12.0. The monoisotopic (exact) mass is 259 g/mol. The maximum atomic E-state index is 12.2. The number of fused-ring (bicyclic) bond motifs is 1. The maximum Gasteiger partial charge on any atom is 0.271 e. The SMILES string of the molecule is COc1ccc(Cn2[nH]c3c(c2=O)CNCC3)cc1. The summed E-state index contributed by atoms with van der Waals surface area (Å²) >= 11 is 0. The highest BCUT2D eigenvalue weighted by atomic mass is 16.5. The molecule has 0 saturated carbocycles. The fraction of sp³-hybridized carbons (Fsp3) is 0.357. The van der Waals surface area contributed by atoms with E-state index in [0.29, 0.717) is 13.1 Å². The molecule has 0 unspecified atom stereocenters. The van der Waals surface area contributed by atoms with Crippen molar-refractivity contribution in [3.63, 3.8) is 0 Å². The summed E-state index contributed by atoms with van der Waals surface area (Å²) in [6.45, 7) is 2.16. The molecule has 1 aliphatic heterocycles. The molecule has 2 N–H and O–H groups in total. The second kappa shape index (κ2) is 4.93. The van der Waals surface area contributed by atoms with Gasteiger partial charge in [0.05, 0.1) is 19.2 Å². The lowest BCUT2D eigenvalue weighted by Crippen LogP contribution is -2.27. The van der Waals surface area contributed by atoms with Gasteiger partial charge in [-0.2, -0.15) is 0 Å². The van der Waals surface area contributed by atoms with Crippen molar-refractivity contribution in [2.45, 2.75) is 19.5 Å². The number of ether oxygens (including phenoxy) is 1. The molecule has 2 heterocycles. The van der Waals surface area contributed by atoms with Crippen LogP contribution in [0.5, 0.6) is 5.75 Å². The lowest BCUT2D eigenvalue weighted by Gasteiger charge is -2.09. The number of H-pyrrole nitrogens is 1. The highest BCUT2D eigenvalue weighted by Gasteiger charge is 2.16. The van der Waals surface area contributed by atoms with Crippen LogP contribution in [0.25, 0.3) is 0 Å². The Morgan fingerprint density at radius 2 is 2.11 bits per heavy atom. The number of rotatable bonds is 3. The Kier molecular flexibility index (Phi) is 3.13. The fourth-order valence-corrected chi connectivity index (χ4v) is 2.41. The van der Waals surface area contributed by atoms with Gasteiger partial charge in [0.1, 0.15) is 5.75 Å². The number of aromatic amines is 1. The molecule has 1 aromatic heterocycles. The lowest BCUT2D eigenvalue weighted by atomic mass is 10.1. The van der Waals surface area contributed by atoms with Gasteiger partial charge in [-0.05, 0) is 17.7 Å². The normalized spacial score (nSPS) is 14.2. The Labute approximate surface area is 111 Å². The zero-order valence-corrected chi connectivity index (χ0v) is 10.9. The highest BCUT2D eigenvalue weighted by Crippen LogP contribution is 2.12. The predicted octanol–water partition coefficient (Wildman–Crippen LogP) is 0.879. The Morgan fingerprint density at radius 3 is 2.79 bits per heavy atom. The lowest BCUT2D eigenvalue weighted by molar-refractivity contribution is 0.414. The van der Waals surface area contributed by atoms with Crippen molar-refractivity contribution in [2.75, 3.05) is 13.7 Å². The van der Waals surface area contributed by atoms with E-state index in [1.54, 1.807) is 11.8 Å².